The van der Waals surface area contributed by atoms with E-state index in [2.05, 4.69) is 10.6 Å². The second-order valence-electron chi connectivity index (χ2n) is 5.37. The second kappa shape index (κ2) is 9.27. The Balaban J connectivity index is 2.02. The van der Waals surface area contributed by atoms with Gasteiger partial charge in [0.15, 0.2) is 0 Å². The number of rotatable bonds is 7. The lowest BCUT2D eigenvalue weighted by molar-refractivity contribution is -0.111. The van der Waals surface area contributed by atoms with Crippen molar-refractivity contribution in [3.63, 3.8) is 0 Å². The third kappa shape index (κ3) is 5.11. The van der Waals surface area contributed by atoms with E-state index in [-0.39, 0.29) is 11.8 Å². The molecule has 0 atom stereocenters. The highest BCUT2D eigenvalue weighted by Crippen LogP contribution is 2.25. The van der Waals surface area contributed by atoms with Gasteiger partial charge in [0.1, 0.15) is 11.5 Å². The van der Waals surface area contributed by atoms with Crippen LogP contribution in [0, 0.1) is 0 Å². The minimum absolute atomic E-state index is 0.142. The van der Waals surface area contributed by atoms with Crippen molar-refractivity contribution < 1.29 is 19.1 Å². The fourth-order valence-corrected chi connectivity index (χ4v) is 2.27. The lowest BCUT2D eigenvalue weighted by Crippen LogP contribution is -2.22. The van der Waals surface area contributed by atoms with Crippen LogP contribution in [0.5, 0.6) is 11.5 Å². The SMILES string of the molecule is CCNC(=O)c1ccc(NC(=O)/C=C/c2ccc(OC)cc2OC)cc1. The van der Waals surface area contributed by atoms with Gasteiger partial charge in [-0.15, -0.1) is 0 Å². The Hall–Kier alpha value is -3.28. The maximum Gasteiger partial charge on any atom is 0.251 e. The van der Waals surface area contributed by atoms with E-state index in [0.717, 1.165) is 5.56 Å². The summed E-state index contributed by atoms with van der Waals surface area (Å²) in [4.78, 5) is 23.8. The first-order valence-corrected chi connectivity index (χ1v) is 8.16. The molecule has 2 N–H and O–H groups in total. The zero-order valence-corrected chi connectivity index (χ0v) is 15.0. The summed E-state index contributed by atoms with van der Waals surface area (Å²) < 4.78 is 10.4. The minimum atomic E-state index is -0.284. The normalized spacial score (nSPS) is 10.4. The Morgan fingerprint density at radius 3 is 2.38 bits per heavy atom. The third-order valence-corrected chi connectivity index (χ3v) is 3.61. The lowest BCUT2D eigenvalue weighted by atomic mass is 10.1. The standard InChI is InChI=1S/C20H22N2O4/c1-4-21-20(24)15-5-9-16(10-6-15)22-19(23)12-8-14-7-11-17(25-2)13-18(14)26-3/h5-13H,4H2,1-3H3,(H,21,24)(H,22,23)/b12-8+. The van der Waals surface area contributed by atoms with Gasteiger partial charge in [-0.1, -0.05) is 0 Å². The summed E-state index contributed by atoms with van der Waals surface area (Å²) in [7, 11) is 3.14. The molecule has 26 heavy (non-hydrogen) atoms. The summed E-state index contributed by atoms with van der Waals surface area (Å²) in [5.74, 6) is 0.862. The van der Waals surface area contributed by atoms with Gasteiger partial charge in [-0.05, 0) is 49.4 Å². The van der Waals surface area contributed by atoms with E-state index in [1.54, 1.807) is 56.7 Å². The van der Waals surface area contributed by atoms with Crippen molar-refractivity contribution >= 4 is 23.6 Å². The molecule has 0 spiro atoms. The highest BCUT2D eigenvalue weighted by atomic mass is 16.5. The molecule has 0 aliphatic rings. The van der Waals surface area contributed by atoms with Crippen LogP contribution in [0.2, 0.25) is 0 Å². The molecule has 2 aromatic carbocycles. The number of hydrogen-bond donors (Lipinski definition) is 2. The van der Waals surface area contributed by atoms with Crippen LogP contribution in [0.3, 0.4) is 0 Å². The molecule has 6 heteroatoms. The number of carbonyl (C=O) groups is 2. The highest BCUT2D eigenvalue weighted by Gasteiger charge is 2.05. The summed E-state index contributed by atoms with van der Waals surface area (Å²) in [5.41, 5.74) is 1.91. The zero-order valence-electron chi connectivity index (χ0n) is 15.0. The molecular formula is C20H22N2O4. The molecule has 0 radical (unpaired) electrons. The number of anilines is 1. The minimum Gasteiger partial charge on any atom is -0.497 e. The van der Waals surface area contributed by atoms with Crippen molar-refractivity contribution in [2.75, 3.05) is 26.1 Å². The number of amides is 2. The van der Waals surface area contributed by atoms with E-state index >= 15 is 0 Å². The van der Waals surface area contributed by atoms with Crippen LogP contribution in [0.1, 0.15) is 22.8 Å². The zero-order chi connectivity index (χ0) is 18.9. The molecule has 0 aromatic heterocycles. The molecule has 0 aliphatic heterocycles. The third-order valence-electron chi connectivity index (χ3n) is 3.61. The van der Waals surface area contributed by atoms with Crippen molar-refractivity contribution in [2.45, 2.75) is 6.92 Å². The van der Waals surface area contributed by atoms with Gasteiger partial charge < -0.3 is 20.1 Å². The quantitative estimate of drug-likeness (QED) is 0.749. The molecule has 136 valence electrons. The molecule has 2 rings (SSSR count). The van der Waals surface area contributed by atoms with Gasteiger partial charge in [0.05, 0.1) is 14.2 Å². The first-order chi connectivity index (χ1) is 12.6. The number of carbonyl (C=O) groups excluding carboxylic acids is 2. The molecule has 0 heterocycles. The Kier molecular flexibility index (Phi) is 6.79. The molecule has 2 aromatic rings. The average molecular weight is 354 g/mol. The molecule has 0 saturated heterocycles. The van der Waals surface area contributed by atoms with E-state index in [9.17, 15) is 9.59 Å². The van der Waals surface area contributed by atoms with E-state index < -0.39 is 0 Å². The first-order valence-electron chi connectivity index (χ1n) is 8.16. The summed E-state index contributed by atoms with van der Waals surface area (Å²) in [6.45, 7) is 2.42. The van der Waals surface area contributed by atoms with Crippen molar-refractivity contribution in [2.24, 2.45) is 0 Å². The Labute approximate surface area is 152 Å². The Morgan fingerprint density at radius 2 is 1.77 bits per heavy atom. The predicted molar refractivity (Wildman–Crippen MR) is 102 cm³/mol. The monoisotopic (exact) mass is 354 g/mol. The van der Waals surface area contributed by atoms with E-state index in [1.807, 2.05) is 13.0 Å². The van der Waals surface area contributed by atoms with Gasteiger partial charge in [0.25, 0.3) is 5.91 Å². The Bertz CT molecular complexity index is 798. The van der Waals surface area contributed by atoms with Crippen LogP contribution in [-0.2, 0) is 4.79 Å². The van der Waals surface area contributed by atoms with Crippen LogP contribution in [-0.4, -0.2) is 32.6 Å². The van der Waals surface area contributed by atoms with Crippen molar-refractivity contribution in [1.82, 2.24) is 5.32 Å². The van der Waals surface area contributed by atoms with Gasteiger partial charge in [-0.2, -0.15) is 0 Å². The van der Waals surface area contributed by atoms with Crippen LogP contribution >= 0.6 is 0 Å². The number of ether oxygens (including phenoxy) is 2. The molecule has 0 fully saturated rings. The smallest absolute Gasteiger partial charge is 0.251 e. The van der Waals surface area contributed by atoms with Crippen molar-refractivity contribution in [3.8, 4) is 11.5 Å². The molecule has 0 saturated carbocycles. The van der Waals surface area contributed by atoms with E-state index in [1.165, 1.54) is 6.08 Å². The van der Waals surface area contributed by atoms with Crippen LogP contribution in [0.25, 0.3) is 6.08 Å². The first kappa shape index (κ1) is 19.1. The van der Waals surface area contributed by atoms with Gasteiger partial charge >= 0.3 is 0 Å². The Morgan fingerprint density at radius 1 is 1.04 bits per heavy atom. The number of nitrogens with one attached hydrogen (secondary N) is 2. The van der Waals surface area contributed by atoms with E-state index in [4.69, 9.17) is 9.47 Å². The lowest BCUT2D eigenvalue weighted by Gasteiger charge is -2.07. The molecular weight excluding hydrogens is 332 g/mol. The van der Waals surface area contributed by atoms with Crippen LogP contribution in [0.4, 0.5) is 5.69 Å². The number of benzene rings is 2. The summed E-state index contributed by atoms with van der Waals surface area (Å²) >= 11 is 0. The van der Waals surface area contributed by atoms with Crippen LogP contribution in [0.15, 0.2) is 48.5 Å². The fraction of sp³-hybridized carbons (Fsp3) is 0.200. The van der Waals surface area contributed by atoms with Gasteiger partial charge in [-0.25, -0.2) is 0 Å². The van der Waals surface area contributed by atoms with Gasteiger partial charge in [-0.3, -0.25) is 9.59 Å². The molecule has 0 aliphatic carbocycles. The fourth-order valence-electron chi connectivity index (χ4n) is 2.27. The average Bonchev–Trinajstić information content (AvgIpc) is 2.67. The maximum absolute atomic E-state index is 12.1. The summed E-state index contributed by atoms with van der Waals surface area (Å²) in [5, 5.41) is 5.47. The number of methoxy groups -OCH3 is 2. The van der Waals surface area contributed by atoms with Crippen molar-refractivity contribution in [3.05, 3.63) is 59.7 Å². The van der Waals surface area contributed by atoms with Crippen molar-refractivity contribution in [1.29, 1.82) is 0 Å². The van der Waals surface area contributed by atoms with E-state index in [0.29, 0.717) is 29.3 Å². The highest BCUT2D eigenvalue weighted by molar-refractivity contribution is 6.02. The molecule has 0 unspecified atom stereocenters. The topological polar surface area (TPSA) is 76.7 Å². The maximum atomic E-state index is 12.1. The summed E-state index contributed by atoms with van der Waals surface area (Å²) in [6, 6.07) is 12.0. The van der Waals surface area contributed by atoms with Crippen LogP contribution < -0.4 is 20.1 Å². The predicted octanol–water partition coefficient (Wildman–Crippen LogP) is 3.11. The molecule has 0 bridgehead atoms. The molecule has 2 amide bonds. The second-order valence-corrected chi connectivity index (χ2v) is 5.37. The van der Waals surface area contributed by atoms with Gasteiger partial charge in [0, 0.05) is 35.5 Å². The summed E-state index contributed by atoms with van der Waals surface area (Å²) in [6.07, 6.45) is 3.08. The van der Waals surface area contributed by atoms with Gasteiger partial charge in [0.2, 0.25) is 5.91 Å². The largest absolute Gasteiger partial charge is 0.497 e. The number of hydrogen-bond acceptors (Lipinski definition) is 4. The molecule has 6 nitrogen and oxygen atoms in total.